The van der Waals surface area contributed by atoms with E-state index in [-0.39, 0.29) is 6.61 Å². The van der Waals surface area contributed by atoms with Gasteiger partial charge in [-0.1, -0.05) is 36.4 Å². The van der Waals surface area contributed by atoms with Crippen LogP contribution in [0.4, 0.5) is 0 Å². The molecule has 5 nitrogen and oxygen atoms in total. The van der Waals surface area contributed by atoms with Crippen LogP contribution in [-0.4, -0.2) is 18.5 Å². The van der Waals surface area contributed by atoms with Gasteiger partial charge in [0.25, 0.3) is 0 Å². The Kier molecular flexibility index (Phi) is 4.57. The fraction of sp³-hybridized carbons (Fsp3) is 0.200. The molecule has 1 heterocycles. The monoisotopic (exact) mass is 338 g/mol. The summed E-state index contributed by atoms with van der Waals surface area (Å²) in [5.74, 6) is 0.304. The Morgan fingerprint density at radius 1 is 0.960 bits per heavy atom. The number of ether oxygens (including phenoxy) is 3. The Labute approximate surface area is 145 Å². The maximum atomic E-state index is 11.7. The predicted octanol–water partition coefficient (Wildman–Crippen LogP) is 3.74. The fourth-order valence-electron chi connectivity index (χ4n) is 2.78. The van der Waals surface area contributed by atoms with Crippen molar-refractivity contribution in [2.75, 3.05) is 6.61 Å². The second-order valence-corrected chi connectivity index (χ2v) is 5.73. The molecule has 0 atom stereocenters. The average molecular weight is 338 g/mol. The summed E-state index contributed by atoms with van der Waals surface area (Å²) >= 11 is 0. The van der Waals surface area contributed by atoms with E-state index in [1.54, 1.807) is 12.1 Å². The molecule has 0 saturated heterocycles. The van der Waals surface area contributed by atoms with Crippen LogP contribution < -0.4 is 9.47 Å². The number of esters is 2. The first kappa shape index (κ1) is 16.8. The molecule has 0 bridgehead atoms. The molecule has 0 aliphatic carbocycles. The van der Waals surface area contributed by atoms with Crippen LogP contribution in [0.5, 0.6) is 11.5 Å². The number of hydrogen-bond donors (Lipinski definition) is 0. The highest BCUT2D eigenvalue weighted by molar-refractivity contribution is 5.97. The van der Waals surface area contributed by atoms with Crippen molar-refractivity contribution in [3.8, 4) is 11.5 Å². The van der Waals surface area contributed by atoms with Crippen molar-refractivity contribution in [1.29, 1.82) is 0 Å². The van der Waals surface area contributed by atoms with Crippen molar-refractivity contribution in [3.05, 3.63) is 59.2 Å². The molecule has 0 aromatic heterocycles. The summed E-state index contributed by atoms with van der Waals surface area (Å²) < 4.78 is 16.8. The summed E-state index contributed by atoms with van der Waals surface area (Å²) in [5.41, 5.74) is 2.94. The van der Waals surface area contributed by atoms with Crippen molar-refractivity contribution in [2.45, 2.75) is 20.8 Å². The normalized spacial score (nSPS) is 12.9. The molecule has 0 fully saturated rings. The van der Waals surface area contributed by atoms with Gasteiger partial charge in [0.15, 0.2) is 5.76 Å². The Bertz CT molecular complexity index is 865. The zero-order chi connectivity index (χ0) is 18.0. The number of fused-ring (bicyclic) bond motifs is 1. The molecule has 0 spiro atoms. The molecule has 0 saturated carbocycles. The van der Waals surface area contributed by atoms with Gasteiger partial charge in [0.2, 0.25) is 0 Å². The second-order valence-electron chi connectivity index (χ2n) is 5.73. The second kappa shape index (κ2) is 6.81. The number of rotatable bonds is 3. The lowest BCUT2D eigenvalue weighted by Crippen LogP contribution is -2.16. The first-order valence-electron chi connectivity index (χ1n) is 7.89. The number of benzene rings is 2. The molecule has 0 radical (unpaired) electrons. The molecule has 1 aliphatic heterocycles. The van der Waals surface area contributed by atoms with Crippen molar-refractivity contribution in [3.63, 3.8) is 0 Å². The minimum absolute atomic E-state index is 0.254. The van der Waals surface area contributed by atoms with E-state index in [0.717, 1.165) is 16.7 Å². The third-order valence-electron chi connectivity index (χ3n) is 3.80. The van der Waals surface area contributed by atoms with E-state index in [1.807, 2.05) is 37.3 Å². The molecule has 25 heavy (non-hydrogen) atoms. The van der Waals surface area contributed by atoms with Crippen molar-refractivity contribution in [2.24, 2.45) is 0 Å². The van der Waals surface area contributed by atoms with Gasteiger partial charge in [-0.25, -0.2) is 0 Å². The smallest absolute Gasteiger partial charge is 0.308 e. The lowest BCUT2D eigenvalue weighted by Gasteiger charge is -2.26. The van der Waals surface area contributed by atoms with Crippen molar-refractivity contribution >= 4 is 23.3 Å². The van der Waals surface area contributed by atoms with E-state index >= 15 is 0 Å². The van der Waals surface area contributed by atoms with E-state index in [0.29, 0.717) is 22.8 Å². The van der Waals surface area contributed by atoms with Gasteiger partial charge in [0.1, 0.15) is 23.7 Å². The highest BCUT2D eigenvalue weighted by atomic mass is 16.6. The first-order valence-corrected chi connectivity index (χ1v) is 7.89. The maximum Gasteiger partial charge on any atom is 0.308 e. The lowest BCUT2D eigenvalue weighted by molar-refractivity contribution is -0.134. The van der Waals surface area contributed by atoms with Crippen molar-refractivity contribution in [1.82, 2.24) is 0 Å². The highest BCUT2D eigenvalue weighted by Gasteiger charge is 2.29. The largest absolute Gasteiger partial charge is 0.488 e. The number of hydrogen-bond acceptors (Lipinski definition) is 5. The molecule has 5 heteroatoms. The zero-order valence-corrected chi connectivity index (χ0v) is 14.3. The van der Waals surface area contributed by atoms with Gasteiger partial charge >= 0.3 is 11.9 Å². The van der Waals surface area contributed by atoms with Gasteiger partial charge in [-0.05, 0) is 24.1 Å². The van der Waals surface area contributed by atoms with Crippen molar-refractivity contribution < 1.29 is 23.8 Å². The van der Waals surface area contributed by atoms with Crippen LogP contribution in [0.3, 0.4) is 0 Å². The summed E-state index contributed by atoms with van der Waals surface area (Å²) in [6.45, 7) is 4.80. The van der Waals surface area contributed by atoms with Gasteiger partial charge in [-0.2, -0.15) is 0 Å². The summed E-state index contributed by atoms with van der Waals surface area (Å²) in [7, 11) is 0. The van der Waals surface area contributed by atoms with E-state index < -0.39 is 11.9 Å². The number of aryl methyl sites for hydroxylation is 1. The quantitative estimate of drug-likeness (QED) is 0.630. The lowest BCUT2D eigenvalue weighted by atomic mass is 9.96. The van der Waals surface area contributed by atoms with Crippen LogP contribution >= 0.6 is 0 Å². The number of carbonyl (C=O) groups excluding carboxylic acids is 2. The number of carbonyl (C=O) groups is 2. The van der Waals surface area contributed by atoms with Gasteiger partial charge in [-0.3, -0.25) is 9.59 Å². The van der Waals surface area contributed by atoms with E-state index in [9.17, 15) is 9.59 Å². The summed E-state index contributed by atoms with van der Waals surface area (Å²) in [5, 5.41) is 0. The zero-order valence-electron chi connectivity index (χ0n) is 14.3. The van der Waals surface area contributed by atoms with Crippen LogP contribution in [0.25, 0.3) is 11.3 Å². The molecular weight excluding hydrogens is 320 g/mol. The molecule has 2 aromatic carbocycles. The fourth-order valence-corrected chi connectivity index (χ4v) is 2.78. The average Bonchev–Trinajstić information content (AvgIpc) is 2.57. The SMILES string of the molecule is CC(=O)OC1=C(c2ccccc2)COc2c(C)ccc(OC(C)=O)c21. The van der Waals surface area contributed by atoms with Gasteiger partial charge in [0, 0.05) is 19.4 Å². The molecular formula is C20H18O5. The van der Waals surface area contributed by atoms with Crippen LogP contribution in [0.1, 0.15) is 30.5 Å². The molecule has 0 unspecified atom stereocenters. The molecule has 1 aliphatic rings. The van der Waals surface area contributed by atoms with E-state index in [1.165, 1.54) is 13.8 Å². The van der Waals surface area contributed by atoms with Gasteiger partial charge in [-0.15, -0.1) is 0 Å². The van der Waals surface area contributed by atoms with Gasteiger partial charge < -0.3 is 14.2 Å². The van der Waals surface area contributed by atoms with Crippen LogP contribution in [0.15, 0.2) is 42.5 Å². The highest BCUT2D eigenvalue weighted by Crippen LogP contribution is 2.44. The molecule has 128 valence electrons. The van der Waals surface area contributed by atoms with Crippen LogP contribution in [0.2, 0.25) is 0 Å². The Balaban J connectivity index is 2.27. The third kappa shape index (κ3) is 3.40. The molecule has 2 aromatic rings. The standard InChI is InChI=1S/C20H18O5/c1-12-9-10-17(24-13(2)21)18-19(12)23-11-16(20(18)25-14(3)22)15-7-5-4-6-8-15/h4-10H,11H2,1-3H3. The third-order valence-corrected chi connectivity index (χ3v) is 3.80. The predicted molar refractivity (Wildman–Crippen MR) is 93.0 cm³/mol. The van der Waals surface area contributed by atoms with Crippen LogP contribution in [-0.2, 0) is 14.3 Å². The Morgan fingerprint density at radius 2 is 1.64 bits per heavy atom. The maximum absolute atomic E-state index is 11.7. The molecule has 0 amide bonds. The summed E-state index contributed by atoms with van der Waals surface area (Å²) in [4.78, 5) is 23.2. The van der Waals surface area contributed by atoms with E-state index in [4.69, 9.17) is 14.2 Å². The topological polar surface area (TPSA) is 61.8 Å². The summed E-state index contributed by atoms with van der Waals surface area (Å²) in [6, 6.07) is 13.0. The van der Waals surface area contributed by atoms with Gasteiger partial charge in [0.05, 0.1) is 0 Å². The van der Waals surface area contributed by atoms with Crippen LogP contribution in [0, 0.1) is 6.92 Å². The van der Waals surface area contributed by atoms with E-state index in [2.05, 4.69) is 0 Å². The Morgan fingerprint density at radius 3 is 2.28 bits per heavy atom. The minimum atomic E-state index is -0.458. The Hall–Kier alpha value is -3.08. The molecule has 3 rings (SSSR count). The first-order chi connectivity index (χ1) is 12.0. The molecule has 0 N–H and O–H groups in total. The summed E-state index contributed by atoms with van der Waals surface area (Å²) in [6.07, 6.45) is 0. The minimum Gasteiger partial charge on any atom is -0.488 e.